The van der Waals surface area contributed by atoms with Crippen molar-refractivity contribution in [3.05, 3.63) is 18.0 Å². The minimum atomic E-state index is 0.577. The van der Waals surface area contributed by atoms with E-state index >= 15 is 0 Å². The van der Waals surface area contributed by atoms with E-state index in [0.717, 1.165) is 5.56 Å². The molecule has 96 valence electrons. The zero-order valence-electron chi connectivity index (χ0n) is 10.8. The van der Waals surface area contributed by atoms with E-state index in [1.165, 1.54) is 45.3 Å². The Bertz CT molecular complexity index is 326. The molecule has 1 fully saturated rings. The van der Waals surface area contributed by atoms with Gasteiger partial charge in [-0.15, -0.1) is 0 Å². The molecular formula is C13H24N4. The van der Waals surface area contributed by atoms with Crippen molar-refractivity contribution >= 4 is 0 Å². The number of likely N-dealkylation sites (tertiary alicyclic amines) is 1. The van der Waals surface area contributed by atoms with Crippen molar-refractivity contribution in [1.29, 1.82) is 0 Å². The number of hydrogen-bond donors (Lipinski definition) is 1. The van der Waals surface area contributed by atoms with Crippen LogP contribution in [0.4, 0.5) is 0 Å². The fourth-order valence-electron chi connectivity index (χ4n) is 2.47. The number of rotatable bonds is 5. The van der Waals surface area contributed by atoms with Gasteiger partial charge in [0.05, 0.1) is 12.2 Å². The van der Waals surface area contributed by atoms with Crippen LogP contribution in [-0.4, -0.2) is 34.3 Å². The molecule has 1 aliphatic rings. The second-order valence-electron chi connectivity index (χ2n) is 4.96. The van der Waals surface area contributed by atoms with E-state index in [0.29, 0.717) is 12.6 Å². The molecule has 0 amide bonds. The van der Waals surface area contributed by atoms with Crippen LogP contribution < -0.4 is 5.73 Å². The first kappa shape index (κ1) is 12.6. The van der Waals surface area contributed by atoms with Crippen LogP contribution in [0.5, 0.6) is 0 Å². The zero-order valence-corrected chi connectivity index (χ0v) is 10.8. The molecule has 2 rings (SSSR count). The van der Waals surface area contributed by atoms with Crippen LogP contribution in [0.15, 0.2) is 12.4 Å². The van der Waals surface area contributed by atoms with Crippen LogP contribution in [0.3, 0.4) is 0 Å². The number of aromatic nitrogens is 2. The third-order valence-electron chi connectivity index (χ3n) is 3.65. The van der Waals surface area contributed by atoms with E-state index in [9.17, 15) is 0 Å². The summed E-state index contributed by atoms with van der Waals surface area (Å²) < 4.78 is 2.11. The molecule has 0 radical (unpaired) electrons. The van der Waals surface area contributed by atoms with Gasteiger partial charge in [-0.2, -0.15) is 5.10 Å². The van der Waals surface area contributed by atoms with Gasteiger partial charge in [0, 0.05) is 31.4 Å². The highest BCUT2D eigenvalue weighted by Gasteiger charge is 2.20. The average Bonchev–Trinajstić information content (AvgIpc) is 2.86. The largest absolute Gasteiger partial charge is 0.326 e. The highest BCUT2D eigenvalue weighted by atomic mass is 15.3. The lowest BCUT2D eigenvalue weighted by molar-refractivity contribution is 0.178. The molecule has 0 unspecified atom stereocenters. The number of hydrogen-bond acceptors (Lipinski definition) is 3. The number of piperidine rings is 1. The quantitative estimate of drug-likeness (QED) is 0.847. The third kappa shape index (κ3) is 3.30. The van der Waals surface area contributed by atoms with Crippen molar-refractivity contribution in [2.45, 2.75) is 45.2 Å². The fraction of sp³-hybridized carbons (Fsp3) is 0.769. The molecule has 0 spiro atoms. The van der Waals surface area contributed by atoms with Crippen molar-refractivity contribution in [3.8, 4) is 0 Å². The van der Waals surface area contributed by atoms with Crippen LogP contribution in [0.25, 0.3) is 0 Å². The Morgan fingerprint density at radius 2 is 2.18 bits per heavy atom. The number of unbranched alkanes of at least 4 members (excludes halogenated alkanes) is 1. The van der Waals surface area contributed by atoms with Gasteiger partial charge in [0.25, 0.3) is 0 Å². The van der Waals surface area contributed by atoms with E-state index < -0.39 is 0 Å². The predicted octanol–water partition coefficient (Wildman–Crippen LogP) is 1.78. The maximum Gasteiger partial charge on any atom is 0.0543 e. The van der Waals surface area contributed by atoms with Crippen LogP contribution in [0.2, 0.25) is 0 Å². The van der Waals surface area contributed by atoms with Crippen molar-refractivity contribution in [1.82, 2.24) is 14.7 Å². The second kappa shape index (κ2) is 6.17. The minimum absolute atomic E-state index is 0.577. The van der Waals surface area contributed by atoms with Crippen LogP contribution in [0, 0.1) is 0 Å². The van der Waals surface area contributed by atoms with Gasteiger partial charge in [0.1, 0.15) is 0 Å². The molecule has 1 aromatic rings. The Morgan fingerprint density at radius 1 is 1.41 bits per heavy atom. The van der Waals surface area contributed by atoms with E-state index in [4.69, 9.17) is 5.73 Å². The van der Waals surface area contributed by atoms with Crippen LogP contribution in [0.1, 0.15) is 44.2 Å². The lowest BCUT2D eigenvalue weighted by Gasteiger charge is -2.31. The van der Waals surface area contributed by atoms with E-state index in [2.05, 4.69) is 27.8 Å². The SMILES string of the molecule is CCCCN1CCC(n2cc(CN)cn2)CC1. The summed E-state index contributed by atoms with van der Waals surface area (Å²) in [5, 5.41) is 4.42. The molecule has 1 aromatic heterocycles. The molecule has 4 heteroatoms. The van der Waals surface area contributed by atoms with Gasteiger partial charge in [-0.05, 0) is 25.8 Å². The fourth-order valence-corrected chi connectivity index (χ4v) is 2.47. The predicted molar refractivity (Wildman–Crippen MR) is 69.7 cm³/mol. The standard InChI is InChI=1S/C13H24N4/c1-2-3-6-16-7-4-13(5-8-16)17-11-12(9-14)10-15-17/h10-11,13H,2-9,14H2,1H3. The highest BCUT2D eigenvalue weighted by molar-refractivity contribution is 5.03. The van der Waals surface area contributed by atoms with Gasteiger partial charge >= 0.3 is 0 Å². The summed E-state index contributed by atoms with van der Waals surface area (Å²) in [6.07, 6.45) is 9.04. The zero-order chi connectivity index (χ0) is 12.1. The summed E-state index contributed by atoms with van der Waals surface area (Å²) in [6.45, 7) is 6.53. The molecule has 0 bridgehead atoms. The molecule has 0 aromatic carbocycles. The molecule has 2 heterocycles. The highest BCUT2D eigenvalue weighted by Crippen LogP contribution is 2.22. The van der Waals surface area contributed by atoms with Crippen molar-refractivity contribution in [2.24, 2.45) is 5.73 Å². The van der Waals surface area contributed by atoms with Crippen LogP contribution >= 0.6 is 0 Å². The van der Waals surface area contributed by atoms with E-state index in [-0.39, 0.29) is 0 Å². The number of nitrogens with two attached hydrogens (primary N) is 1. The Labute approximate surface area is 104 Å². The van der Waals surface area contributed by atoms with E-state index in [1.807, 2.05) is 6.20 Å². The first-order chi connectivity index (χ1) is 8.33. The molecule has 1 aliphatic heterocycles. The lowest BCUT2D eigenvalue weighted by atomic mass is 10.1. The average molecular weight is 236 g/mol. The third-order valence-corrected chi connectivity index (χ3v) is 3.65. The summed E-state index contributed by atoms with van der Waals surface area (Å²) in [5.41, 5.74) is 6.75. The monoisotopic (exact) mass is 236 g/mol. The maximum atomic E-state index is 5.61. The molecule has 0 atom stereocenters. The summed E-state index contributed by atoms with van der Waals surface area (Å²) in [5.74, 6) is 0. The first-order valence-corrected chi connectivity index (χ1v) is 6.79. The Morgan fingerprint density at radius 3 is 2.76 bits per heavy atom. The molecule has 1 saturated heterocycles. The molecule has 4 nitrogen and oxygen atoms in total. The molecule has 0 aliphatic carbocycles. The smallest absolute Gasteiger partial charge is 0.0543 e. The first-order valence-electron chi connectivity index (χ1n) is 6.79. The van der Waals surface area contributed by atoms with Crippen molar-refractivity contribution in [3.63, 3.8) is 0 Å². The molecule has 0 saturated carbocycles. The van der Waals surface area contributed by atoms with Crippen molar-refractivity contribution < 1.29 is 0 Å². The Kier molecular flexibility index (Phi) is 4.57. The normalized spacial score (nSPS) is 18.7. The maximum absolute atomic E-state index is 5.61. The molecule has 2 N–H and O–H groups in total. The molecule has 17 heavy (non-hydrogen) atoms. The second-order valence-corrected chi connectivity index (χ2v) is 4.96. The van der Waals surface area contributed by atoms with E-state index in [1.54, 1.807) is 0 Å². The summed E-state index contributed by atoms with van der Waals surface area (Å²) in [6, 6.07) is 0.577. The Balaban J connectivity index is 1.82. The lowest BCUT2D eigenvalue weighted by Crippen LogP contribution is -2.35. The topological polar surface area (TPSA) is 47.1 Å². The molecular weight excluding hydrogens is 212 g/mol. The van der Waals surface area contributed by atoms with Gasteiger partial charge < -0.3 is 10.6 Å². The summed E-state index contributed by atoms with van der Waals surface area (Å²) in [7, 11) is 0. The van der Waals surface area contributed by atoms with Gasteiger partial charge in [-0.1, -0.05) is 13.3 Å². The number of nitrogens with zero attached hydrogens (tertiary/aromatic N) is 3. The minimum Gasteiger partial charge on any atom is -0.326 e. The van der Waals surface area contributed by atoms with Gasteiger partial charge in [0.2, 0.25) is 0 Å². The summed E-state index contributed by atoms with van der Waals surface area (Å²) >= 11 is 0. The van der Waals surface area contributed by atoms with Gasteiger partial charge in [-0.25, -0.2) is 0 Å². The Hall–Kier alpha value is -0.870. The van der Waals surface area contributed by atoms with Gasteiger partial charge in [-0.3, -0.25) is 4.68 Å². The van der Waals surface area contributed by atoms with Gasteiger partial charge in [0.15, 0.2) is 0 Å². The van der Waals surface area contributed by atoms with Crippen LogP contribution in [-0.2, 0) is 6.54 Å². The summed E-state index contributed by atoms with van der Waals surface area (Å²) in [4.78, 5) is 2.58. The van der Waals surface area contributed by atoms with Crippen molar-refractivity contribution in [2.75, 3.05) is 19.6 Å².